The number of nitrogens with two attached hydrogens (primary N) is 1. The van der Waals surface area contributed by atoms with Crippen molar-refractivity contribution in [3.8, 4) is 0 Å². The maximum Gasteiger partial charge on any atom is 0.218 e. The zero-order valence-electron chi connectivity index (χ0n) is 7.92. The monoisotopic (exact) mass is 260 g/mol. The highest BCUT2D eigenvalue weighted by molar-refractivity contribution is 9.10. The molecular formula is C9H13BrN2O2. The number of nitrogens with one attached hydrogen (secondary N) is 1. The second-order valence-corrected chi connectivity index (χ2v) is 4.00. The second kappa shape index (κ2) is 5.17. The first-order valence-corrected chi connectivity index (χ1v) is 5.12. The zero-order chi connectivity index (χ0) is 10.6. The van der Waals surface area contributed by atoms with Gasteiger partial charge in [0.1, 0.15) is 5.76 Å². The average Bonchev–Trinajstić information content (AvgIpc) is 2.46. The van der Waals surface area contributed by atoms with E-state index in [1.807, 2.05) is 13.0 Å². The van der Waals surface area contributed by atoms with Crippen LogP contribution in [0.1, 0.15) is 19.1 Å². The molecule has 1 unspecified atom stereocenters. The van der Waals surface area contributed by atoms with Gasteiger partial charge in [-0.1, -0.05) is 0 Å². The number of carbonyl (C=O) groups is 1. The Balaban J connectivity index is 2.34. The highest BCUT2D eigenvalue weighted by Gasteiger charge is 2.08. The fourth-order valence-electron chi connectivity index (χ4n) is 1.09. The first-order chi connectivity index (χ1) is 6.59. The molecule has 0 radical (unpaired) electrons. The van der Waals surface area contributed by atoms with Crippen molar-refractivity contribution < 1.29 is 9.21 Å². The predicted octanol–water partition coefficient (Wildman–Crippen LogP) is 1.40. The molecule has 78 valence electrons. The van der Waals surface area contributed by atoms with E-state index in [-0.39, 0.29) is 11.9 Å². The largest absolute Gasteiger partial charge is 0.467 e. The van der Waals surface area contributed by atoms with E-state index in [0.717, 1.165) is 10.2 Å². The summed E-state index contributed by atoms with van der Waals surface area (Å²) >= 11 is 3.34. The summed E-state index contributed by atoms with van der Waals surface area (Å²) < 4.78 is 6.12. The Labute approximate surface area is 91.0 Å². The molecule has 0 bridgehead atoms. The quantitative estimate of drug-likeness (QED) is 0.841. The fourth-order valence-corrected chi connectivity index (χ4v) is 1.43. The molecule has 0 aliphatic rings. The first-order valence-electron chi connectivity index (χ1n) is 4.33. The van der Waals surface area contributed by atoms with Crippen molar-refractivity contribution in [3.63, 3.8) is 0 Å². The van der Waals surface area contributed by atoms with Crippen molar-refractivity contribution in [1.29, 1.82) is 0 Å². The van der Waals surface area contributed by atoms with E-state index in [4.69, 9.17) is 10.2 Å². The minimum Gasteiger partial charge on any atom is -0.467 e. The molecule has 5 heteroatoms. The summed E-state index contributed by atoms with van der Waals surface area (Å²) in [6.07, 6.45) is 1.94. The Morgan fingerprint density at radius 2 is 2.50 bits per heavy atom. The fraction of sp³-hybridized carbons (Fsp3) is 0.444. The Bertz CT molecular complexity index is 312. The van der Waals surface area contributed by atoms with Crippen molar-refractivity contribution in [3.05, 3.63) is 22.6 Å². The van der Waals surface area contributed by atoms with Crippen LogP contribution < -0.4 is 11.1 Å². The van der Waals surface area contributed by atoms with Crippen LogP contribution in [-0.2, 0) is 11.3 Å². The van der Waals surface area contributed by atoms with Gasteiger partial charge in [-0.2, -0.15) is 0 Å². The van der Waals surface area contributed by atoms with Crippen LogP contribution in [0.3, 0.4) is 0 Å². The van der Waals surface area contributed by atoms with Crippen LogP contribution in [0.25, 0.3) is 0 Å². The van der Waals surface area contributed by atoms with Gasteiger partial charge in [-0.25, -0.2) is 0 Å². The SMILES string of the molecule is CC(CC(N)=O)NCc1occc1Br. The Morgan fingerprint density at radius 3 is 3.00 bits per heavy atom. The first kappa shape index (κ1) is 11.3. The minimum atomic E-state index is -0.302. The predicted molar refractivity (Wildman–Crippen MR) is 56.5 cm³/mol. The molecule has 0 fully saturated rings. The van der Waals surface area contributed by atoms with Crippen molar-refractivity contribution in [1.82, 2.24) is 5.32 Å². The molecule has 0 aliphatic carbocycles. The molecule has 1 aromatic heterocycles. The van der Waals surface area contributed by atoms with Gasteiger partial charge in [-0.05, 0) is 28.9 Å². The van der Waals surface area contributed by atoms with Crippen LogP contribution in [-0.4, -0.2) is 11.9 Å². The molecular weight excluding hydrogens is 248 g/mol. The standard InChI is InChI=1S/C9H13BrN2O2/c1-6(4-9(11)13)12-5-8-7(10)2-3-14-8/h2-3,6,12H,4-5H2,1H3,(H2,11,13). The van der Waals surface area contributed by atoms with Gasteiger partial charge in [0.05, 0.1) is 17.3 Å². The van der Waals surface area contributed by atoms with Crippen LogP contribution >= 0.6 is 15.9 Å². The van der Waals surface area contributed by atoms with Gasteiger partial charge in [0.2, 0.25) is 5.91 Å². The smallest absolute Gasteiger partial charge is 0.218 e. The molecule has 0 saturated heterocycles. The summed E-state index contributed by atoms with van der Waals surface area (Å²) in [4.78, 5) is 10.6. The number of amides is 1. The molecule has 1 atom stereocenters. The average molecular weight is 261 g/mol. The van der Waals surface area contributed by atoms with Crippen LogP contribution in [0.5, 0.6) is 0 Å². The maximum absolute atomic E-state index is 10.6. The molecule has 0 aliphatic heterocycles. The third kappa shape index (κ3) is 3.51. The zero-order valence-corrected chi connectivity index (χ0v) is 9.50. The summed E-state index contributed by atoms with van der Waals surface area (Å²) in [5.74, 6) is 0.518. The van der Waals surface area contributed by atoms with Crippen molar-refractivity contribution in [2.75, 3.05) is 0 Å². The van der Waals surface area contributed by atoms with E-state index < -0.39 is 0 Å². The van der Waals surface area contributed by atoms with Crippen molar-refractivity contribution in [2.45, 2.75) is 25.9 Å². The van der Waals surface area contributed by atoms with E-state index in [9.17, 15) is 4.79 Å². The van der Waals surface area contributed by atoms with E-state index >= 15 is 0 Å². The number of primary amides is 1. The molecule has 0 aromatic carbocycles. The molecule has 1 heterocycles. The highest BCUT2D eigenvalue weighted by atomic mass is 79.9. The number of furan rings is 1. The van der Waals surface area contributed by atoms with Gasteiger partial charge in [0, 0.05) is 12.5 Å². The lowest BCUT2D eigenvalue weighted by Crippen LogP contribution is -2.30. The van der Waals surface area contributed by atoms with Gasteiger partial charge in [-0.15, -0.1) is 0 Å². The number of hydrogen-bond donors (Lipinski definition) is 2. The van der Waals surface area contributed by atoms with Crippen molar-refractivity contribution >= 4 is 21.8 Å². The van der Waals surface area contributed by atoms with E-state index in [1.165, 1.54) is 0 Å². The lowest BCUT2D eigenvalue weighted by molar-refractivity contribution is -0.118. The summed E-state index contributed by atoms with van der Waals surface area (Å²) in [5, 5.41) is 3.13. The van der Waals surface area contributed by atoms with Gasteiger partial charge >= 0.3 is 0 Å². The third-order valence-corrected chi connectivity index (χ3v) is 2.52. The van der Waals surface area contributed by atoms with Crippen molar-refractivity contribution in [2.24, 2.45) is 5.73 Å². The summed E-state index contributed by atoms with van der Waals surface area (Å²) in [6.45, 7) is 2.49. The van der Waals surface area contributed by atoms with Crippen LogP contribution in [0.2, 0.25) is 0 Å². The van der Waals surface area contributed by atoms with E-state index in [1.54, 1.807) is 6.26 Å². The maximum atomic E-state index is 10.6. The molecule has 0 saturated carbocycles. The minimum absolute atomic E-state index is 0.0597. The molecule has 0 spiro atoms. The topological polar surface area (TPSA) is 68.3 Å². The van der Waals surface area contributed by atoms with Gasteiger partial charge < -0.3 is 15.5 Å². The van der Waals surface area contributed by atoms with Gasteiger partial charge in [0.25, 0.3) is 0 Å². The molecule has 1 amide bonds. The third-order valence-electron chi connectivity index (χ3n) is 1.81. The lowest BCUT2D eigenvalue weighted by atomic mass is 10.2. The second-order valence-electron chi connectivity index (χ2n) is 3.14. The number of hydrogen-bond acceptors (Lipinski definition) is 3. The molecule has 3 N–H and O–H groups in total. The number of carbonyl (C=O) groups excluding carboxylic acids is 1. The summed E-state index contributed by atoms with van der Waals surface area (Å²) in [6, 6.07) is 1.89. The highest BCUT2D eigenvalue weighted by Crippen LogP contribution is 2.17. The van der Waals surface area contributed by atoms with Crippen LogP contribution in [0.4, 0.5) is 0 Å². The van der Waals surface area contributed by atoms with E-state index in [2.05, 4.69) is 21.2 Å². The lowest BCUT2D eigenvalue weighted by Gasteiger charge is -2.10. The normalized spacial score (nSPS) is 12.7. The summed E-state index contributed by atoms with van der Waals surface area (Å²) in [7, 11) is 0. The van der Waals surface area contributed by atoms with Crippen LogP contribution in [0.15, 0.2) is 21.2 Å². The molecule has 4 nitrogen and oxygen atoms in total. The van der Waals surface area contributed by atoms with E-state index in [0.29, 0.717) is 13.0 Å². The Kier molecular flexibility index (Phi) is 4.16. The summed E-state index contributed by atoms with van der Waals surface area (Å²) in [5.41, 5.74) is 5.06. The molecule has 1 aromatic rings. The van der Waals surface area contributed by atoms with Gasteiger partial charge in [-0.3, -0.25) is 4.79 Å². The molecule has 14 heavy (non-hydrogen) atoms. The Hall–Kier alpha value is -0.810. The number of rotatable bonds is 5. The molecule has 1 rings (SSSR count). The number of halogens is 1. The van der Waals surface area contributed by atoms with Crippen LogP contribution in [0, 0.1) is 0 Å². The van der Waals surface area contributed by atoms with Gasteiger partial charge in [0.15, 0.2) is 0 Å². The Morgan fingerprint density at radius 1 is 1.79 bits per heavy atom.